The first kappa shape index (κ1) is 21.6. The van der Waals surface area contributed by atoms with Crippen LogP contribution >= 0.6 is 11.6 Å². The van der Waals surface area contributed by atoms with Crippen molar-refractivity contribution >= 4 is 37.0 Å². The molecule has 0 saturated carbocycles. The monoisotopic (exact) mass is 468 g/mol. The number of hydrogen-bond donors (Lipinski definition) is 0. The predicted octanol–water partition coefficient (Wildman–Crippen LogP) is 2.41. The number of sulfone groups is 2. The molecule has 0 amide bonds. The molecule has 0 radical (unpaired) electrons. The Hall–Kier alpha value is -1.61. The van der Waals surface area contributed by atoms with Crippen molar-refractivity contribution in [1.29, 1.82) is 0 Å². The van der Waals surface area contributed by atoms with Crippen molar-refractivity contribution in [3.05, 3.63) is 59.1 Å². The zero-order chi connectivity index (χ0) is 21.5. The standard InChI is InChI=1S/C21H25ClN2O4S2/c1-16-3-2-4-18(13-16)23-9-11-24(12-10-23)20-14-29(25,26)15-21(20)30(27,28)19-7-5-17(22)6-8-19/h2-8,13,20-21H,9-12,14-15H2,1H3/t20-,21-/m1/s1. The third-order valence-electron chi connectivity index (χ3n) is 5.96. The SMILES string of the molecule is Cc1cccc(N2CCN([C@@H]3CS(=O)(=O)C[C@H]3S(=O)(=O)c3ccc(Cl)cc3)CC2)c1. The molecule has 0 unspecified atom stereocenters. The van der Waals surface area contributed by atoms with Crippen LogP contribution in [0.5, 0.6) is 0 Å². The van der Waals surface area contributed by atoms with E-state index in [0.29, 0.717) is 18.1 Å². The summed E-state index contributed by atoms with van der Waals surface area (Å²) in [5, 5.41) is -0.522. The number of nitrogens with zero attached hydrogens (tertiary/aromatic N) is 2. The number of piperazine rings is 1. The second-order valence-electron chi connectivity index (χ2n) is 8.04. The maximum atomic E-state index is 13.3. The highest BCUT2D eigenvalue weighted by molar-refractivity contribution is 7.96. The zero-order valence-corrected chi connectivity index (χ0v) is 19.1. The topological polar surface area (TPSA) is 74.8 Å². The van der Waals surface area contributed by atoms with E-state index in [9.17, 15) is 16.8 Å². The Kier molecular flexibility index (Phi) is 5.87. The lowest BCUT2D eigenvalue weighted by Crippen LogP contribution is -2.55. The summed E-state index contributed by atoms with van der Waals surface area (Å²) in [5.74, 6) is -0.449. The lowest BCUT2D eigenvalue weighted by molar-refractivity contribution is 0.201. The van der Waals surface area contributed by atoms with Crippen molar-refractivity contribution in [1.82, 2.24) is 4.90 Å². The molecule has 2 aromatic carbocycles. The van der Waals surface area contributed by atoms with E-state index in [0.717, 1.165) is 18.8 Å². The van der Waals surface area contributed by atoms with Crippen molar-refractivity contribution < 1.29 is 16.8 Å². The van der Waals surface area contributed by atoms with Gasteiger partial charge < -0.3 is 4.90 Å². The van der Waals surface area contributed by atoms with Gasteiger partial charge in [0.25, 0.3) is 0 Å². The average Bonchev–Trinajstić information content (AvgIpc) is 3.05. The first-order chi connectivity index (χ1) is 14.2. The second kappa shape index (κ2) is 8.15. The van der Waals surface area contributed by atoms with Gasteiger partial charge in [-0.05, 0) is 48.9 Å². The third-order valence-corrected chi connectivity index (χ3v) is 10.3. The molecule has 0 N–H and O–H groups in total. The van der Waals surface area contributed by atoms with Crippen molar-refractivity contribution in [3.8, 4) is 0 Å². The zero-order valence-electron chi connectivity index (χ0n) is 16.7. The molecule has 2 atom stereocenters. The summed E-state index contributed by atoms with van der Waals surface area (Å²) in [6.07, 6.45) is 0. The van der Waals surface area contributed by atoms with Gasteiger partial charge in [-0.2, -0.15) is 0 Å². The van der Waals surface area contributed by atoms with Crippen LogP contribution < -0.4 is 4.90 Å². The van der Waals surface area contributed by atoms with Crippen LogP contribution in [-0.2, 0) is 19.7 Å². The summed E-state index contributed by atoms with van der Waals surface area (Å²) in [6.45, 7) is 4.76. The van der Waals surface area contributed by atoms with Gasteiger partial charge in [0.05, 0.1) is 21.7 Å². The fourth-order valence-electron chi connectivity index (χ4n) is 4.37. The van der Waals surface area contributed by atoms with Crippen LogP contribution in [-0.4, -0.2) is 70.7 Å². The maximum Gasteiger partial charge on any atom is 0.183 e. The van der Waals surface area contributed by atoms with Crippen LogP contribution in [0.15, 0.2) is 53.4 Å². The summed E-state index contributed by atoms with van der Waals surface area (Å²) in [4.78, 5) is 4.42. The van der Waals surface area contributed by atoms with Gasteiger partial charge >= 0.3 is 0 Å². The molecule has 0 aliphatic carbocycles. The minimum absolute atomic E-state index is 0.116. The molecule has 2 aromatic rings. The molecule has 162 valence electrons. The Balaban J connectivity index is 1.54. The first-order valence-electron chi connectivity index (χ1n) is 9.91. The Bertz CT molecular complexity index is 1130. The number of aryl methyl sites for hydroxylation is 1. The quantitative estimate of drug-likeness (QED) is 0.686. The molecule has 0 spiro atoms. The Morgan fingerprint density at radius 2 is 1.63 bits per heavy atom. The fourth-order valence-corrected chi connectivity index (χ4v) is 9.32. The van der Waals surface area contributed by atoms with Crippen LogP contribution in [0.2, 0.25) is 5.02 Å². The largest absolute Gasteiger partial charge is 0.369 e. The molecule has 6 nitrogen and oxygen atoms in total. The van der Waals surface area contributed by atoms with Gasteiger partial charge in [-0.25, -0.2) is 16.8 Å². The van der Waals surface area contributed by atoms with Gasteiger partial charge in [0.1, 0.15) is 0 Å². The lowest BCUT2D eigenvalue weighted by Gasteiger charge is -2.40. The smallest absolute Gasteiger partial charge is 0.183 e. The molecule has 0 bridgehead atoms. The summed E-state index contributed by atoms with van der Waals surface area (Å²) in [5.41, 5.74) is 2.32. The van der Waals surface area contributed by atoms with E-state index in [1.54, 1.807) is 0 Å². The van der Waals surface area contributed by atoms with E-state index in [1.807, 2.05) is 11.0 Å². The fraction of sp³-hybridized carbons (Fsp3) is 0.429. The first-order valence-corrected chi connectivity index (χ1v) is 13.7. The number of rotatable bonds is 4. The summed E-state index contributed by atoms with van der Waals surface area (Å²) in [7, 11) is -7.21. The Morgan fingerprint density at radius 3 is 2.27 bits per heavy atom. The van der Waals surface area contributed by atoms with Crippen LogP contribution in [0.4, 0.5) is 5.69 Å². The van der Waals surface area contributed by atoms with E-state index in [1.165, 1.54) is 29.8 Å². The molecule has 0 aromatic heterocycles. The van der Waals surface area contributed by atoms with Crippen LogP contribution in [0.3, 0.4) is 0 Å². The Morgan fingerprint density at radius 1 is 0.967 bits per heavy atom. The average molecular weight is 469 g/mol. The molecule has 2 saturated heterocycles. The molecular formula is C21H25ClN2O4S2. The second-order valence-corrected chi connectivity index (χ2v) is 12.8. The van der Waals surface area contributed by atoms with E-state index < -0.39 is 31.0 Å². The van der Waals surface area contributed by atoms with Crippen LogP contribution in [0, 0.1) is 6.92 Å². The van der Waals surface area contributed by atoms with Gasteiger partial charge in [0.2, 0.25) is 0 Å². The van der Waals surface area contributed by atoms with E-state index >= 15 is 0 Å². The third kappa shape index (κ3) is 4.37. The highest BCUT2D eigenvalue weighted by Crippen LogP contribution is 2.31. The highest BCUT2D eigenvalue weighted by Gasteiger charge is 2.48. The molecule has 2 fully saturated rings. The maximum absolute atomic E-state index is 13.3. The minimum Gasteiger partial charge on any atom is -0.369 e. The number of halogens is 1. The van der Waals surface area contributed by atoms with Crippen molar-refractivity contribution in [2.24, 2.45) is 0 Å². The van der Waals surface area contributed by atoms with Gasteiger partial charge in [0.15, 0.2) is 19.7 Å². The minimum atomic E-state index is -3.79. The Labute approximate surface area is 183 Å². The van der Waals surface area contributed by atoms with Crippen LogP contribution in [0.1, 0.15) is 5.56 Å². The molecule has 2 heterocycles. The van der Waals surface area contributed by atoms with Crippen molar-refractivity contribution in [2.45, 2.75) is 23.1 Å². The molecular weight excluding hydrogens is 444 g/mol. The number of anilines is 1. The van der Waals surface area contributed by atoms with E-state index in [4.69, 9.17) is 11.6 Å². The van der Waals surface area contributed by atoms with E-state index in [-0.39, 0.29) is 16.4 Å². The summed E-state index contributed by atoms with van der Waals surface area (Å²) < 4.78 is 51.4. The van der Waals surface area contributed by atoms with Crippen LogP contribution in [0.25, 0.3) is 0 Å². The molecule has 30 heavy (non-hydrogen) atoms. The highest BCUT2D eigenvalue weighted by atomic mass is 35.5. The van der Waals surface area contributed by atoms with Gasteiger partial charge in [-0.3, -0.25) is 4.90 Å². The molecule has 9 heteroatoms. The molecule has 2 aliphatic heterocycles. The van der Waals surface area contributed by atoms with Gasteiger partial charge in [-0.15, -0.1) is 0 Å². The van der Waals surface area contributed by atoms with Gasteiger partial charge in [-0.1, -0.05) is 23.7 Å². The molecule has 2 aliphatic rings. The summed E-state index contributed by atoms with van der Waals surface area (Å²) in [6, 6.07) is 13.7. The van der Waals surface area contributed by atoms with E-state index in [2.05, 4.69) is 30.0 Å². The lowest BCUT2D eigenvalue weighted by atomic mass is 10.1. The number of hydrogen-bond acceptors (Lipinski definition) is 6. The van der Waals surface area contributed by atoms with Gasteiger partial charge in [0, 0.05) is 42.9 Å². The number of benzene rings is 2. The summed E-state index contributed by atoms with van der Waals surface area (Å²) >= 11 is 5.89. The predicted molar refractivity (Wildman–Crippen MR) is 120 cm³/mol. The van der Waals surface area contributed by atoms with Crippen molar-refractivity contribution in [3.63, 3.8) is 0 Å². The molecule has 4 rings (SSSR count). The normalized spacial score (nSPS) is 24.8. The van der Waals surface area contributed by atoms with Crippen molar-refractivity contribution in [2.75, 3.05) is 42.6 Å².